The number of nitrogens with zero attached hydrogens (tertiary/aromatic N) is 1. The monoisotopic (exact) mass is 469 g/mol. The van der Waals surface area contributed by atoms with E-state index >= 15 is 0 Å². The molecule has 190 valence electrons. The molecule has 2 N–H and O–H groups in total. The van der Waals surface area contributed by atoms with Gasteiger partial charge >= 0.3 is 5.97 Å². The molecule has 5 rings (SSSR count). The Bertz CT molecular complexity index is 937. The van der Waals surface area contributed by atoms with Crippen LogP contribution in [0.4, 0.5) is 0 Å². The third-order valence-electron chi connectivity index (χ3n) is 13.4. The molecule has 0 aromatic carbocycles. The first-order chi connectivity index (χ1) is 15.8. The van der Waals surface area contributed by atoms with Crippen molar-refractivity contribution in [2.24, 2.45) is 61.8 Å². The van der Waals surface area contributed by atoms with Gasteiger partial charge in [0.2, 0.25) is 0 Å². The van der Waals surface area contributed by atoms with Crippen molar-refractivity contribution < 1.29 is 15.1 Å². The van der Waals surface area contributed by atoms with Crippen molar-refractivity contribution in [3.63, 3.8) is 0 Å². The zero-order valence-corrected chi connectivity index (χ0v) is 22.4. The van der Waals surface area contributed by atoms with Crippen LogP contribution in [-0.2, 0) is 4.79 Å². The maximum Gasteiger partial charge on any atom is 0.309 e. The molecule has 5 aliphatic carbocycles. The highest BCUT2D eigenvalue weighted by Gasteiger charge is 2.71. The molecular weight excluding hydrogens is 422 g/mol. The van der Waals surface area contributed by atoms with Crippen LogP contribution in [0.5, 0.6) is 0 Å². The molecule has 0 aromatic heterocycles. The number of rotatable bonds is 2. The van der Waals surface area contributed by atoms with Gasteiger partial charge in [0.15, 0.2) is 0 Å². The van der Waals surface area contributed by atoms with Crippen LogP contribution in [0.25, 0.3) is 0 Å². The predicted octanol–water partition coefficient (Wildman–Crippen LogP) is 7.56. The summed E-state index contributed by atoms with van der Waals surface area (Å²) in [5.41, 5.74) is 2.20. The summed E-state index contributed by atoms with van der Waals surface area (Å²) in [5.74, 6) is 1.69. The van der Waals surface area contributed by atoms with Crippen LogP contribution >= 0.6 is 0 Å². The normalized spacial score (nSPS) is 52.8. The molecule has 34 heavy (non-hydrogen) atoms. The second-order valence-electron chi connectivity index (χ2n) is 14.4. The van der Waals surface area contributed by atoms with Crippen LogP contribution in [0.2, 0.25) is 0 Å². The van der Waals surface area contributed by atoms with Gasteiger partial charge in [0, 0.05) is 5.41 Å². The van der Waals surface area contributed by atoms with Gasteiger partial charge in [-0.05, 0) is 117 Å². The maximum atomic E-state index is 12.8. The molecule has 0 amide bonds. The number of carboxylic acids is 1. The van der Waals surface area contributed by atoms with Gasteiger partial charge in [0.05, 0.1) is 11.1 Å². The van der Waals surface area contributed by atoms with E-state index in [0.717, 1.165) is 50.7 Å². The SMILES string of the molecule is C=C(C)[C@@H]1CC[C@]2(C(=O)O)CC[C@@]3(C)C(CCC4[C@@]5(C)CC/C(=N\O)C(C)(C)C5CC[C@]43C)C12. The second kappa shape index (κ2) is 7.35. The Balaban J connectivity index is 1.56. The summed E-state index contributed by atoms with van der Waals surface area (Å²) < 4.78 is 0. The lowest BCUT2D eigenvalue weighted by Gasteiger charge is -2.72. The number of allylic oxidation sites excluding steroid dienone is 1. The van der Waals surface area contributed by atoms with E-state index in [-0.39, 0.29) is 27.6 Å². The van der Waals surface area contributed by atoms with Crippen molar-refractivity contribution in [1.82, 2.24) is 0 Å². The largest absolute Gasteiger partial charge is 0.481 e. The zero-order valence-electron chi connectivity index (χ0n) is 22.4. The average molecular weight is 470 g/mol. The highest BCUT2D eigenvalue weighted by molar-refractivity contribution is 5.90. The summed E-state index contributed by atoms with van der Waals surface area (Å²) in [7, 11) is 0. The summed E-state index contributed by atoms with van der Waals surface area (Å²) in [4.78, 5) is 12.8. The van der Waals surface area contributed by atoms with E-state index in [1.807, 2.05) is 0 Å². The summed E-state index contributed by atoms with van der Waals surface area (Å²) in [6, 6.07) is 0. The fourth-order valence-electron chi connectivity index (χ4n) is 11.5. The molecule has 5 fully saturated rings. The van der Waals surface area contributed by atoms with Crippen LogP contribution in [-0.4, -0.2) is 22.0 Å². The van der Waals surface area contributed by atoms with E-state index in [1.165, 1.54) is 24.8 Å². The molecule has 5 saturated carbocycles. The lowest BCUT2D eigenvalue weighted by molar-refractivity contribution is -0.230. The summed E-state index contributed by atoms with van der Waals surface area (Å²) in [5, 5.41) is 24.0. The molecule has 0 radical (unpaired) electrons. The van der Waals surface area contributed by atoms with Crippen LogP contribution in [0.3, 0.4) is 0 Å². The maximum absolute atomic E-state index is 12.8. The molecule has 4 nitrogen and oxygen atoms in total. The zero-order chi connectivity index (χ0) is 24.9. The number of oxime groups is 1. The number of fused-ring (bicyclic) bond motifs is 7. The number of hydrogen-bond acceptors (Lipinski definition) is 3. The topological polar surface area (TPSA) is 69.9 Å². The first kappa shape index (κ1) is 24.4. The Morgan fingerprint density at radius 2 is 1.62 bits per heavy atom. The van der Waals surface area contributed by atoms with Gasteiger partial charge in [0.1, 0.15) is 0 Å². The number of aliphatic carboxylic acids is 1. The van der Waals surface area contributed by atoms with Gasteiger partial charge < -0.3 is 10.3 Å². The van der Waals surface area contributed by atoms with Crippen LogP contribution in [0.1, 0.15) is 106 Å². The molecule has 0 aromatic rings. The second-order valence-corrected chi connectivity index (χ2v) is 14.4. The van der Waals surface area contributed by atoms with E-state index in [9.17, 15) is 15.1 Å². The summed E-state index contributed by atoms with van der Waals surface area (Å²) >= 11 is 0. The van der Waals surface area contributed by atoms with Gasteiger partial charge in [-0.25, -0.2) is 0 Å². The molecule has 4 unspecified atom stereocenters. The third kappa shape index (κ3) is 2.72. The predicted molar refractivity (Wildman–Crippen MR) is 136 cm³/mol. The Labute approximate surface area is 206 Å². The van der Waals surface area contributed by atoms with Gasteiger partial charge in [-0.3, -0.25) is 4.79 Å². The van der Waals surface area contributed by atoms with Gasteiger partial charge in [-0.2, -0.15) is 0 Å². The molecule has 9 atom stereocenters. The van der Waals surface area contributed by atoms with Gasteiger partial charge in [-0.15, -0.1) is 0 Å². The fourth-order valence-corrected chi connectivity index (χ4v) is 11.5. The van der Waals surface area contributed by atoms with Crippen LogP contribution in [0, 0.1) is 56.7 Å². The quantitative estimate of drug-likeness (QED) is 0.249. The van der Waals surface area contributed by atoms with Crippen molar-refractivity contribution in [2.75, 3.05) is 0 Å². The number of carbonyl (C=O) groups is 1. The summed E-state index contributed by atoms with van der Waals surface area (Å²) in [6.45, 7) is 18.8. The van der Waals surface area contributed by atoms with Crippen molar-refractivity contribution in [3.05, 3.63) is 12.2 Å². The molecule has 4 heteroatoms. The van der Waals surface area contributed by atoms with E-state index in [4.69, 9.17) is 0 Å². The Morgan fingerprint density at radius 1 is 0.912 bits per heavy atom. The van der Waals surface area contributed by atoms with Crippen LogP contribution < -0.4 is 0 Å². The highest BCUT2D eigenvalue weighted by Crippen LogP contribution is 2.77. The molecule has 0 heterocycles. The number of hydrogen-bond donors (Lipinski definition) is 2. The van der Waals surface area contributed by atoms with Crippen LogP contribution in [0.15, 0.2) is 17.3 Å². The molecular formula is C30H47NO3. The fraction of sp³-hybridized carbons (Fsp3) is 0.867. The first-order valence-electron chi connectivity index (χ1n) is 13.9. The lowest BCUT2D eigenvalue weighted by Crippen LogP contribution is -2.66. The Hall–Kier alpha value is -1.32. The minimum atomic E-state index is -0.545. The van der Waals surface area contributed by atoms with E-state index < -0.39 is 11.4 Å². The molecule has 0 aliphatic heterocycles. The van der Waals surface area contributed by atoms with Crippen molar-refractivity contribution in [3.8, 4) is 0 Å². The van der Waals surface area contributed by atoms with E-state index in [2.05, 4.69) is 53.3 Å². The Morgan fingerprint density at radius 3 is 2.24 bits per heavy atom. The molecule has 0 spiro atoms. The number of carboxylic acid groups (broad SMARTS) is 1. The molecule has 5 aliphatic rings. The summed E-state index contributed by atoms with van der Waals surface area (Å²) in [6.07, 6.45) is 10.5. The molecule has 0 bridgehead atoms. The van der Waals surface area contributed by atoms with E-state index in [1.54, 1.807) is 0 Å². The first-order valence-corrected chi connectivity index (χ1v) is 13.9. The average Bonchev–Trinajstić information content (AvgIpc) is 3.15. The Kier molecular flexibility index (Phi) is 5.27. The van der Waals surface area contributed by atoms with Gasteiger partial charge in [-0.1, -0.05) is 51.9 Å². The smallest absolute Gasteiger partial charge is 0.309 e. The molecule has 0 saturated heterocycles. The van der Waals surface area contributed by atoms with Crippen molar-refractivity contribution in [2.45, 2.75) is 106 Å². The standard InChI is InChI=1S/C30H47NO3/c1-18(2)19-10-15-30(25(32)33)17-16-28(6)20(24(19)30)8-9-22-27(5)13-12-23(31-34)26(3,4)21(27)11-14-29(22,28)7/h19-22,24,34H,1,8-17H2,2-7H3,(H,32,33)/b31-23+/t19-,20?,21?,22?,24?,27-,28-,29+,30-/m0/s1. The minimum absolute atomic E-state index is 0.0671. The third-order valence-corrected chi connectivity index (χ3v) is 13.4. The van der Waals surface area contributed by atoms with Gasteiger partial charge in [0.25, 0.3) is 0 Å². The minimum Gasteiger partial charge on any atom is -0.481 e. The van der Waals surface area contributed by atoms with Crippen molar-refractivity contribution >= 4 is 11.7 Å². The van der Waals surface area contributed by atoms with Crippen molar-refractivity contribution in [1.29, 1.82) is 0 Å². The van der Waals surface area contributed by atoms with E-state index in [0.29, 0.717) is 23.7 Å². The lowest BCUT2D eigenvalue weighted by atomic mass is 9.32. The highest BCUT2D eigenvalue weighted by atomic mass is 16.4.